The Labute approximate surface area is 160 Å². The molecular formula is C19H24N2O5S. The Morgan fingerprint density at radius 3 is 2.26 bits per heavy atom. The summed E-state index contributed by atoms with van der Waals surface area (Å²) in [4.78, 5) is 11.8. The van der Waals surface area contributed by atoms with Crippen LogP contribution >= 0.6 is 0 Å². The van der Waals surface area contributed by atoms with E-state index in [1.807, 2.05) is 30.3 Å². The fourth-order valence-electron chi connectivity index (χ4n) is 2.38. The van der Waals surface area contributed by atoms with Crippen molar-refractivity contribution in [2.45, 2.75) is 6.42 Å². The third kappa shape index (κ3) is 6.92. The van der Waals surface area contributed by atoms with Gasteiger partial charge in [0.1, 0.15) is 11.5 Å². The van der Waals surface area contributed by atoms with E-state index in [1.165, 1.54) is 4.31 Å². The number of carbonyl (C=O) groups is 1. The third-order valence-electron chi connectivity index (χ3n) is 3.67. The molecule has 7 nitrogen and oxygen atoms in total. The van der Waals surface area contributed by atoms with Crippen molar-refractivity contribution < 1.29 is 22.7 Å². The zero-order valence-corrected chi connectivity index (χ0v) is 16.2. The van der Waals surface area contributed by atoms with E-state index in [4.69, 9.17) is 9.47 Å². The monoisotopic (exact) mass is 392 g/mol. The first-order valence-corrected chi connectivity index (χ1v) is 10.3. The molecule has 0 radical (unpaired) electrons. The molecule has 8 heteroatoms. The van der Waals surface area contributed by atoms with Gasteiger partial charge in [0.05, 0.1) is 18.6 Å². The Balaban J connectivity index is 2.02. The van der Waals surface area contributed by atoms with Crippen molar-refractivity contribution in [3.8, 4) is 11.5 Å². The van der Waals surface area contributed by atoms with E-state index >= 15 is 0 Å². The molecule has 2 aromatic carbocycles. The molecule has 0 saturated heterocycles. The summed E-state index contributed by atoms with van der Waals surface area (Å²) in [6.45, 7) is 0.848. The highest BCUT2D eigenvalue weighted by atomic mass is 32.2. The lowest BCUT2D eigenvalue weighted by Crippen LogP contribution is -2.35. The highest BCUT2D eigenvalue weighted by molar-refractivity contribution is 7.92. The molecule has 0 atom stereocenters. The number of hydrogen-bond donors (Lipinski definition) is 1. The number of hydrogen-bond acceptors (Lipinski definition) is 5. The lowest BCUT2D eigenvalue weighted by molar-refractivity contribution is -0.121. The second kappa shape index (κ2) is 9.94. The third-order valence-corrected chi connectivity index (χ3v) is 4.87. The SMILES string of the molecule is COCCNC(=O)CCN(c1ccc(Oc2ccccc2)cc1)S(C)(=O)=O. The maximum Gasteiger partial charge on any atom is 0.232 e. The van der Waals surface area contributed by atoms with E-state index in [9.17, 15) is 13.2 Å². The molecule has 0 bridgehead atoms. The van der Waals surface area contributed by atoms with Crippen molar-refractivity contribution in [1.82, 2.24) is 5.32 Å². The molecule has 2 rings (SSSR count). The molecule has 0 aliphatic carbocycles. The number of nitrogens with one attached hydrogen (secondary N) is 1. The number of methoxy groups -OCH3 is 1. The highest BCUT2D eigenvalue weighted by Gasteiger charge is 2.18. The number of para-hydroxylation sites is 1. The zero-order chi connectivity index (χ0) is 19.7. The number of ether oxygens (including phenoxy) is 2. The largest absolute Gasteiger partial charge is 0.457 e. The van der Waals surface area contributed by atoms with E-state index in [0.29, 0.717) is 30.3 Å². The number of nitrogens with zero attached hydrogens (tertiary/aromatic N) is 1. The summed E-state index contributed by atoms with van der Waals surface area (Å²) in [5.74, 6) is 1.05. The average Bonchev–Trinajstić information content (AvgIpc) is 2.63. The number of amides is 1. The van der Waals surface area contributed by atoms with Crippen LogP contribution in [0.4, 0.5) is 5.69 Å². The van der Waals surface area contributed by atoms with Gasteiger partial charge in [0.25, 0.3) is 0 Å². The number of sulfonamides is 1. The van der Waals surface area contributed by atoms with Crippen molar-refractivity contribution >= 4 is 21.6 Å². The summed E-state index contributed by atoms with van der Waals surface area (Å²) in [5, 5.41) is 2.67. The Bertz CT molecular complexity index is 823. The van der Waals surface area contributed by atoms with Crippen LogP contribution in [0.1, 0.15) is 6.42 Å². The highest BCUT2D eigenvalue weighted by Crippen LogP contribution is 2.25. The first-order chi connectivity index (χ1) is 12.9. The minimum Gasteiger partial charge on any atom is -0.457 e. The van der Waals surface area contributed by atoms with Crippen LogP contribution in [-0.4, -0.2) is 47.4 Å². The minimum atomic E-state index is -3.52. The fraction of sp³-hybridized carbons (Fsp3) is 0.316. The molecule has 1 N–H and O–H groups in total. The smallest absolute Gasteiger partial charge is 0.232 e. The summed E-state index contributed by atoms with van der Waals surface area (Å²) >= 11 is 0. The van der Waals surface area contributed by atoms with Crippen molar-refractivity contribution in [2.75, 3.05) is 37.4 Å². The topological polar surface area (TPSA) is 84.9 Å². The quantitative estimate of drug-likeness (QED) is 0.628. The van der Waals surface area contributed by atoms with Crippen LogP contribution in [0.5, 0.6) is 11.5 Å². The summed E-state index contributed by atoms with van der Waals surface area (Å²) in [6, 6.07) is 16.0. The van der Waals surface area contributed by atoms with Gasteiger partial charge in [0, 0.05) is 26.6 Å². The minimum absolute atomic E-state index is 0.0521. The van der Waals surface area contributed by atoms with E-state index in [0.717, 1.165) is 6.26 Å². The van der Waals surface area contributed by atoms with E-state index in [1.54, 1.807) is 31.4 Å². The summed E-state index contributed by atoms with van der Waals surface area (Å²) in [7, 11) is -1.98. The Morgan fingerprint density at radius 2 is 1.67 bits per heavy atom. The molecule has 0 fully saturated rings. The summed E-state index contributed by atoms with van der Waals surface area (Å²) in [5.41, 5.74) is 0.475. The van der Waals surface area contributed by atoms with Crippen molar-refractivity contribution in [3.05, 3.63) is 54.6 Å². The van der Waals surface area contributed by atoms with Gasteiger partial charge in [-0.3, -0.25) is 9.10 Å². The maximum absolute atomic E-state index is 12.1. The summed E-state index contributed by atoms with van der Waals surface area (Å²) in [6.07, 6.45) is 1.17. The van der Waals surface area contributed by atoms with Crippen LogP contribution in [0, 0.1) is 0 Å². The lowest BCUT2D eigenvalue weighted by atomic mass is 10.3. The van der Waals surface area contributed by atoms with Gasteiger partial charge in [-0.25, -0.2) is 8.42 Å². The van der Waals surface area contributed by atoms with Crippen molar-refractivity contribution in [3.63, 3.8) is 0 Å². The fourth-order valence-corrected chi connectivity index (χ4v) is 3.30. The van der Waals surface area contributed by atoms with Crippen LogP contribution in [-0.2, 0) is 19.6 Å². The molecule has 0 aliphatic heterocycles. The van der Waals surface area contributed by atoms with E-state index in [2.05, 4.69) is 5.32 Å². The normalized spacial score (nSPS) is 11.0. The predicted molar refractivity (Wildman–Crippen MR) is 105 cm³/mol. The van der Waals surface area contributed by atoms with Crippen LogP contribution in [0.2, 0.25) is 0 Å². The standard InChI is InChI=1S/C19H24N2O5S/c1-25-15-13-20-19(22)12-14-21(27(2,23)24)16-8-10-18(11-9-16)26-17-6-4-3-5-7-17/h3-11H,12-15H2,1-2H3,(H,20,22). The predicted octanol–water partition coefficient (Wildman–Crippen LogP) is 2.40. The molecule has 0 aliphatic rings. The molecule has 27 heavy (non-hydrogen) atoms. The van der Waals surface area contributed by atoms with E-state index in [-0.39, 0.29) is 18.9 Å². The first-order valence-electron chi connectivity index (χ1n) is 8.46. The summed E-state index contributed by atoms with van der Waals surface area (Å²) < 4.78 is 36.0. The van der Waals surface area contributed by atoms with Crippen LogP contribution < -0.4 is 14.4 Å². The molecule has 0 spiro atoms. The van der Waals surface area contributed by atoms with Crippen LogP contribution in [0.25, 0.3) is 0 Å². The van der Waals surface area contributed by atoms with Gasteiger partial charge in [-0.15, -0.1) is 0 Å². The molecule has 0 aromatic heterocycles. The van der Waals surface area contributed by atoms with Crippen molar-refractivity contribution in [2.24, 2.45) is 0 Å². The van der Waals surface area contributed by atoms with Gasteiger partial charge in [-0.05, 0) is 36.4 Å². The van der Waals surface area contributed by atoms with Gasteiger partial charge in [-0.1, -0.05) is 18.2 Å². The van der Waals surface area contributed by atoms with Crippen molar-refractivity contribution in [1.29, 1.82) is 0 Å². The van der Waals surface area contributed by atoms with Crippen LogP contribution in [0.15, 0.2) is 54.6 Å². The average molecular weight is 392 g/mol. The van der Waals surface area contributed by atoms with Gasteiger partial charge in [0.2, 0.25) is 15.9 Å². The molecule has 1 amide bonds. The molecule has 0 unspecified atom stereocenters. The maximum atomic E-state index is 12.1. The zero-order valence-electron chi connectivity index (χ0n) is 15.4. The Morgan fingerprint density at radius 1 is 1.04 bits per heavy atom. The Kier molecular flexibility index (Phi) is 7.63. The number of anilines is 1. The van der Waals surface area contributed by atoms with Gasteiger partial charge in [-0.2, -0.15) is 0 Å². The lowest BCUT2D eigenvalue weighted by Gasteiger charge is -2.22. The van der Waals surface area contributed by atoms with Gasteiger partial charge < -0.3 is 14.8 Å². The number of carbonyl (C=O) groups excluding carboxylic acids is 1. The van der Waals surface area contributed by atoms with Crippen LogP contribution in [0.3, 0.4) is 0 Å². The number of rotatable bonds is 10. The molecular weight excluding hydrogens is 368 g/mol. The molecule has 0 saturated carbocycles. The van der Waals surface area contributed by atoms with E-state index < -0.39 is 10.0 Å². The van der Waals surface area contributed by atoms with Gasteiger partial charge in [0.15, 0.2) is 0 Å². The second-order valence-electron chi connectivity index (χ2n) is 5.84. The molecule has 146 valence electrons. The first kappa shape index (κ1) is 20.7. The second-order valence-corrected chi connectivity index (χ2v) is 7.74. The Hall–Kier alpha value is -2.58. The number of benzene rings is 2. The molecule has 0 heterocycles. The van der Waals surface area contributed by atoms with Gasteiger partial charge >= 0.3 is 0 Å². The molecule has 2 aromatic rings.